The summed E-state index contributed by atoms with van der Waals surface area (Å²) in [6, 6.07) is 47.2. The van der Waals surface area contributed by atoms with Crippen molar-refractivity contribution in [2.75, 3.05) is 0 Å². The molecule has 0 unspecified atom stereocenters. The Morgan fingerprint density at radius 1 is 0.468 bits per heavy atom. The molecular weight excluding hydrogens is 591 g/mol. The number of rotatable bonds is 5. The quantitative estimate of drug-likeness (QED) is 0.192. The van der Waals surface area contributed by atoms with Crippen molar-refractivity contribution in [1.82, 2.24) is 15.0 Å². The number of allylic oxidation sites excluding steroid dienone is 4. The third-order valence-corrected chi connectivity index (χ3v) is 10.0. The Balaban J connectivity index is 1.30. The molecule has 0 fully saturated rings. The van der Waals surface area contributed by atoms with Gasteiger partial charge in [0.2, 0.25) is 0 Å². The maximum atomic E-state index is 5.23. The van der Waals surface area contributed by atoms with Crippen LogP contribution in [-0.2, 0) is 0 Å². The summed E-state index contributed by atoms with van der Waals surface area (Å²) in [6.07, 6.45) is 9.03. The number of benzene rings is 6. The van der Waals surface area contributed by atoms with E-state index in [9.17, 15) is 0 Å². The van der Waals surface area contributed by atoms with Crippen molar-refractivity contribution < 1.29 is 0 Å². The van der Waals surface area contributed by atoms with Gasteiger partial charge in [-0.05, 0) is 76.2 Å². The van der Waals surface area contributed by atoms with Crippen LogP contribution < -0.4 is 0 Å². The van der Waals surface area contributed by atoms with Crippen molar-refractivity contribution in [3.05, 3.63) is 157 Å². The molecule has 8 aromatic rings. The van der Waals surface area contributed by atoms with Gasteiger partial charge in [-0.1, -0.05) is 121 Å². The molecule has 0 amide bonds. The highest BCUT2D eigenvalue weighted by molar-refractivity contribution is 7.26. The SMILES string of the molecule is C1=CC(c2cccc(-c3cc(-c4nc(-c5ccccc5)nc(-c5ccc6ccccc6c5)n4)c4c(c3)sc3ccccc34)c2)=CCC1. The van der Waals surface area contributed by atoms with Gasteiger partial charge in [-0.25, -0.2) is 15.0 Å². The lowest BCUT2D eigenvalue weighted by molar-refractivity contribution is 1.04. The molecule has 9 rings (SSSR count). The smallest absolute Gasteiger partial charge is 0.164 e. The molecule has 1 aliphatic rings. The van der Waals surface area contributed by atoms with E-state index in [0.29, 0.717) is 17.5 Å². The normalized spacial score (nSPS) is 13.0. The average molecular weight is 620 g/mol. The summed E-state index contributed by atoms with van der Waals surface area (Å²) >= 11 is 1.82. The third kappa shape index (κ3) is 5.13. The van der Waals surface area contributed by atoms with Gasteiger partial charge in [-0.2, -0.15) is 0 Å². The van der Waals surface area contributed by atoms with E-state index in [4.69, 9.17) is 15.0 Å². The predicted octanol–water partition coefficient (Wildman–Crippen LogP) is 11.8. The highest BCUT2D eigenvalue weighted by Gasteiger charge is 2.19. The predicted molar refractivity (Wildman–Crippen MR) is 198 cm³/mol. The highest BCUT2D eigenvalue weighted by Crippen LogP contribution is 2.43. The fraction of sp³-hybridized carbons (Fsp3) is 0.0465. The first-order chi connectivity index (χ1) is 23.3. The van der Waals surface area contributed by atoms with E-state index >= 15 is 0 Å². The molecule has 222 valence electrons. The summed E-state index contributed by atoms with van der Waals surface area (Å²) in [6.45, 7) is 0. The monoisotopic (exact) mass is 619 g/mol. The molecule has 47 heavy (non-hydrogen) atoms. The summed E-state index contributed by atoms with van der Waals surface area (Å²) in [5.74, 6) is 2.00. The van der Waals surface area contributed by atoms with E-state index in [1.54, 1.807) is 0 Å². The van der Waals surface area contributed by atoms with Crippen molar-refractivity contribution in [1.29, 1.82) is 0 Å². The molecule has 0 saturated carbocycles. The van der Waals surface area contributed by atoms with Gasteiger partial charge in [0.15, 0.2) is 17.5 Å². The summed E-state index contributed by atoms with van der Waals surface area (Å²) in [7, 11) is 0. The molecule has 0 N–H and O–H groups in total. The number of thiophene rings is 1. The van der Waals surface area contributed by atoms with Crippen LogP contribution in [0.1, 0.15) is 18.4 Å². The molecule has 0 aliphatic heterocycles. The Labute approximate surface area is 277 Å². The van der Waals surface area contributed by atoms with Gasteiger partial charge in [0.25, 0.3) is 0 Å². The van der Waals surface area contributed by atoms with E-state index in [1.165, 1.54) is 42.3 Å². The van der Waals surface area contributed by atoms with Gasteiger partial charge in [0.05, 0.1) is 0 Å². The molecular formula is C43H29N3S. The molecule has 0 radical (unpaired) electrons. The maximum Gasteiger partial charge on any atom is 0.164 e. The first-order valence-corrected chi connectivity index (χ1v) is 16.8. The van der Waals surface area contributed by atoms with Crippen molar-refractivity contribution in [2.45, 2.75) is 12.8 Å². The van der Waals surface area contributed by atoms with Crippen LogP contribution in [0.3, 0.4) is 0 Å². The molecule has 2 aromatic heterocycles. The first-order valence-electron chi connectivity index (χ1n) is 16.0. The van der Waals surface area contributed by atoms with Crippen LogP contribution in [0, 0.1) is 0 Å². The van der Waals surface area contributed by atoms with Crippen LogP contribution in [0.5, 0.6) is 0 Å². The molecule has 0 atom stereocenters. The third-order valence-electron chi connectivity index (χ3n) is 8.92. The lowest BCUT2D eigenvalue weighted by Crippen LogP contribution is -2.00. The van der Waals surface area contributed by atoms with Crippen molar-refractivity contribution in [3.8, 4) is 45.3 Å². The van der Waals surface area contributed by atoms with Crippen LogP contribution in [0.2, 0.25) is 0 Å². The standard InChI is InChI=1S/C43H29N3S/c1-3-12-28(13-4-1)32-18-11-19-33(24-32)35-26-37(40-36-20-9-10-21-38(36)47-39(40)27-35)43-45-41(30-15-5-2-6-16-30)44-42(46-43)34-23-22-29-14-7-8-17-31(29)25-34/h2-3,5-27H,1,4H2. The van der Waals surface area contributed by atoms with Crippen LogP contribution in [0.25, 0.3) is 81.8 Å². The minimum absolute atomic E-state index is 0.662. The van der Waals surface area contributed by atoms with Gasteiger partial charge in [-0.15, -0.1) is 11.3 Å². The molecule has 2 heterocycles. The Hall–Kier alpha value is -5.71. The van der Waals surface area contributed by atoms with Gasteiger partial charge in [-0.3, -0.25) is 0 Å². The molecule has 3 nitrogen and oxygen atoms in total. The zero-order valence-corrected chi connectivity index (χ0v) is 26.4. The minimum Gasteiger partial charge on any atom is -0.208 e. The Kier molecular flexibility index (Phi) is 6.80. The van der Waals surface area contributed by atoms with E-state index in [1.807, 2.05) is 29.5 Å². The lowest BCUT2D eigenvalue weighted by Gasteiger charge is -2.13. The molecule has 1 aliphatic carbocycles. The largest absolute Gasteiger partial charge is 0.208 e. The Morgan fingerprint density at radius 3 is 2.09 bits per heavy atom. The Morgan fingerprint density at radius 2 is 1.21 bits per heavy atom. The van der Waals surface area contributed by atoms with Gasteiger partial charge in [0, 0.05) is 36.9 Å². The minimum atomic E-state index is 0.662. The van der Waals surface area contributed by atoms with Crippen LogP contribution in [0.15, 0.2) is 152 Å². The van der Waals surface area contributed by atoms with Crippen LogP contribution in [-0.4, -0.2) is 15.0 Å². The number of aromatic nitrogens is 3. The molecule has 6 aromatic carbocycles. The summed E-state index contributed by atoms with van der Waals surface area (Å²) in [4.78, 5) is 15.5. The van der Waals surface area contributed by atoms with Crippen molar-refractivity contribution in [3.63, 3.8) is 0 Å². The van der Waals surface area contributed by atoms with Gasteiger partial charge < -0.3 is 0 Å². The van der Waals surface area contributed by atoms with E-state index in [-0.39, 0.29) is 0 Å². The number of nitrogens with zero attached hydrogens (tertiary/aromatic N) is 3. The van der Waals surface area contributed by atoms with E-state index in [2.05, 4.69) is 133 Å². The second kappa shape index (κ2) is 11.6. The molecule has 4 heteroatoms. The van der Waals surface area contributed by atoms with Crippen LogP contribution >= 0.6 is 11.3 Å². The fourth-order valence-corrected chi connectivity index (χ4v) is 7.74. The van der Waals surface area contributed by atoms with Gasteiger partial charge in [0.1, 0.15) is 0 Å². The topological polar surface area (TPSA) is 38.7 Å². The second-order valence-corrected chi connectivity index (χ2v) is 13.0. The van der Waals surface area contributed by atoms with E-state index in [0.717, 1.165) is 40.5 Å². The molecule has 0 bridgehead atoms. The Bertz CT molecular complexity index is 2520. The zero-order valence-electron chi connectivity index (χ0n) is 25.6. The number of hydrogen-bond acceptors (Lipinski definition) is 4. The number of fused-ring (bicyclic) bond motifs is 4. The lowest BCUT2D eigenvalue weighted by atomic mass is 9.94. The van der Waals surface area contributed by atoms with Gasteiger partial charge >= 0.3 is 0 Å². The molecule has 0 spiro atoms. The summed E-state index contributed by atoms with van der Waals surface area (Å²) in [5, 5.41) is 4.74. The molecule has 0 saturated heterocycles. The average Bonchev–Trinajstić information content (AvgIpc) is 3.53. The summed E-state index contributed by atoms with van der Waals surface area (Å²) in [5.41, 5.74) is 7.78. The number of hydrogen-bond donors (Lipinski definition) is 0. The van der Waals surface area contributed by atoms with Crippen LogP contribution in [0.4, 0.5) is 0 Å². The first kappa shape index (κ1) is 27.6. The fourth-order valence-electron chi connectivity index (χ4n) is 6.57. The van der Waals surface area contributed by atoms with Crippen molar-refractivity contribution in [2.24, 2.45) is 0 Å². The highest BCUT2D eigenvalue weighted by atomic mass is 32.1. The van der Waals surface area contributed by atoms with E-state index < -0.39 is 0 Å². The summed E-state index contributed by atoms with van der Waals surface area (Å²) < 4.78 is 2.47. The zero-order chi connectivity index (χ0) is 31.2. The second-order valence-electron chi connectivity index (χ2n) is 11.9. The van der Waals surface area contributed by atoms with Crippen molar-refractivity contribution >= 4 is 47.9 Å². The maximum absolute atomic E-state index is 5.23.